The minimum atomic E-state index is -0.110. The van der Waals surface area contributed by atoms with Crippen LogP contribution in [0.15, 0.2) is 0 Å². The van der Waals surface area contributed by atoms with Crippen LogP contribution in [0.25, 0.3) is 0 Å². The van der Waals surface area contributed by atoms with E-state index < -0.39 is 0 Å². The van der Waals surface area contributed by atoms with Gasteiger partial charge in [-0.3, -0.25) is 10.1 Å². The van der Waals surface area contributed by atoms with E-state index in [2.05, 4.69) is 24.1 Å². The van der Waals surface area contributed by atoms with E-state index in [1.54, 1.807) is 0 Å². The van der Waals surface area contributed by atoms with Crippen molar-refractivity contribution in [3.8, 4) is 0 Å². The molecule has 3 nitrogen and oxygen atoms in total. The van der Waals surface area contributed by atoms with Gasteiger partial charge in [-0.05, 0) is 37.5 Å². The second-order valence-electron chi connectivity index (χ2n) is 6.61. The average molecular weight is 222 g/mol. The van der Waals surface area contributed by atoms with Crippen molar-refractivity contribution in [2.45, 2.75) is 64.0 Å². The van der Waals surface area contributed by atoms with Crippen molar-refractivity contribution in [1.82, 2.24) is 10.2 Å². The average Bonchev–Trinajstić information content (AvgIpc) is 2.90. The number of carbonyl (C=O) groups is 1. The van der Waals surface area contributed by atoms with Gasteiger partial charge >= 0.3 is 0 Å². The lowest BCUT2D eigenvalue weighted by Crippen LogP contribution is -2.43. The minimum Gasteiger partial charge on any atom is -0.325 e. The Labute approximate surface area is 97.6 Å². The lowest BCUT2D eigenvalue weighted by atomic mass is 9.74. The summed E-state index contributed by atoms with van der Waals surface area (Å²) in [5, 5.41) is 3.41. The molecule has 3 heteroatoms. The van der Waals surface area contributed by atoms with Gasteiger partial charge in [-0.15, -0.1) is 0 Å². The van der Waals surface area contributed by atoms with Crippen LogP contribution >= 0.6 is 0 Å². The fourth-order valence-corrected chi connectivity index (χ4v) is 3.39. The monoisotopic (exact) mass is 222 g/mol. The van der Waals surface area contributed by atoms with E-state index in [1.165, 1.54) is 25.7 Å². The van der Waals surface area contributed by atoms with Crippen LogP contribution < -0.4 is 5.32 Å². The second-order valence-corrected chi connectivity index (χ2v) is 6.61. The lowest BCUT2D eigenvalue weighted by Gasteiger charge is -2.39. The molecule has 16 heavy (non-hydrogen) atoms. The van der Waals surface area contributed by atoms with Crippen molar-refractivity contribution in [3.05, 3.63) is 0 Å². The largest absolute Gasteiger partial charge is 0.325 e. The summed E-state index contributed by atoms with van der Waals surface area (Å²) < 4.78 is 0. The predicted molar refractivity (Wildman–Crippen MR) is 62.9 cm³/mol. The molecule has 1 unspecified atom stereocenters. The van der Waals surface area contributed by atoms with E-state index in [9.17, 15) is 4.79 Å². The van der Waals surface area contributed by atoms with Gasteiger partial charge in [0.05, 0.1) is 12.2 Å². The highest BCUT2D eigenvalue weighted by atomic mass is 16.2. The molecule has 0 radical (unpaired) electrons. The van der Waals surface area contributed by atoms with E-state index >= 15 is 0 Å². The molecule has 0 bridgehead atoms. The zero-order chi connectivity index (χ0) is 11.4. The number of rotatable bonds is 1. The van der Waals surface area contributed by atoms with Crippen LogP contribution in [0.5, 0.6) is 0 Å². The minimum absolute atomic E-state index is 0.110. The van der Waals surface area contributed by atoms with Crippen molar-refractivity contribution in [1.29, 1.82) is 0 Å². The van der Waals surface area contributed by atoms with Crippen molar-refractivity contribution in [2.75, 3.05) is 6.67 Å². The summed E-state index contributed by atoms with van der Waals surface area (Å²) in [5.74, 6) is 0.384. The Balaban J connectivity index is 1.71. The third-order valence-electron chi connectivity index (χ3n) is 4.63. The molecule has 1 N–H and O–H groups in total. The molecule has 1 aliphatic heterocycles. The van der Waals surface area contributed by atoms with Gasteiger partial charge in [-0.2, -0.15) is 0 Å². The summed E-state index contributed by atoms with van der Waals surface area (Å²) >= 11 is 0. The number of carbonyl (C=O) groups excluding carboxylic acids is 1. The molecule has 90 valence electrons. The molecular formula is C13H22N2O. The lowest BCUT2D eigenvalue weighted by molar-refractivity contribution is -0.132. The van der Waals surface area contributed by atoms with Crippen LogP contribution in [0.3, 0.4) is 0 Å². The number of amides is 1. The van der Waals surface area contributed by atoms with Gasteiger partial charge in [0.2, 0.25) is 5.91 Å². The van der Waals surface area contributed by atoms with E-state index in [4.69, 9.17) is 0 Å². The summed E-state index contributed by atoms with van der Waals surface area (Å²) in [6, 6.07) is 0.490. The SMILES string of the molecule is CC1(C)CCCC(N2CNC3(CC3)C2=O)C1. The highest BCUT2D eigenvalue weighted by molar-refractivity contribution is 5.91. The van der Waals surface area contributed by atoms with Crippen LogP contribution in [0.2, 0.25) is 0 Å². The van der Waals surface area contributed by atoms with Gasteiger partial charge in [0.25, 0.3) is 0 Å². The molecule has 0 aromatic rings. The van der Waals surface area contributed by atoms with Crippen LogP contribution in [-0.4, -0.2) is 29.1 Å². The van der Waals surface area contributed by atoms with Crippen molar-refractivity contribution in [2.24, 2.45) is 5.41 Å². The van der Waals surface area contributed by atoms with Gasteiger partial charge in [0, 0.05) is 6.04 Å². The van der Waals surface area contributed by atoms with Crippen LogP contribution in [0, 0.1) is 5.41 Å². The number of hydrogen-bond donors (Lipinski definition) is 1. The maximum absolute atomic E-state index is 12.3. The Morgan fingerprint density at radius 2 is 2.06 bits per heavy atom. The fraction of sp³-hybridized carbons (Fsp3) is 0.923. The van der Waals surface area contributed by atoms with Gasteiger partial charge in [0.15, 0.2) is 0 Å². The second kappa shape index (κ2) is 3.22. The standard InChI is InChI=1S/C13H22N2O/c1-12(2)5-3-4-10(8-12)15-9-14-13(6-7-13)11(15)16/h10,14H,3-9H2,1-2H3. The smallest absolute Gasteiger partial charge is 0.244 e. The number of hydrogen-bond acceptors (Lipinski definition) is 2. The van der Waals surface area contributed by atoms with Crippen LogP contribution in [-0.2, 0) is 4.79 Å². The molecule has 0 aromatic carbocycles. The summed E-state index contributed by atoms with van der Waals surface area (Å²) in [6.07, 6.45) is 7.07. The van der Waals surface area contributed by atoms with Crippen molar-refractivity contribution in [3.63, 3.8) is 0 Å². The quantitative estimate of drug-likeness (QED) is 0.734. The Bertz CT molecular complexity index is 320. The first-order valence-electron chi connectivity index (χ1n) is 6.59. The molecule has 3 fully saturated rings. The highest BCUT2D eigenvalue weighted by Gasteiger charge is 2.57. The van der Waals surface area contributed by atoms with E-state index in [0.29, 0.717) is 17.4 Å². The first-order chi connectivity index (χ1) is 7.53. The molecule has 1 spiro atoms. The molecular weight excluding hydrogens is 200 g/mol. The van der Waals surface area contributed by atoms with Crippen molar-refractivity contribution >= 4 is 5.91 Å². The zero-order valence-electron chi connectivity index (χ0n) is 10.4. The summed E-state index contributed by atoms with van der Waals surface area (Å²) in [5.41, 5.74) is 0.310. The first kappa shape index (κ1) is 10.6. The Kier molecular flexibility index (Phi) is 2.13. The van der Waals surface area contributed by atoms with Crippen LogP contribution in [0.4, 0.5) is 0 Å². The molecule has 3 rings (SSSR count). The van der Waals surface area contributed by atoms with E-state index in [1.807, 2.05) is 0 Å². The molecule has 3 aliphatic rings. The highest BCUT2D eigenvalue weighted by Crippen LogP contribution is 2.44. The third kappa shape index (κ3) is 1.56. The Morgan fingerprint density at radius 3 is 2.62 bits per heavy atom. The van der Waals surface area contributed by atoms with Crippen molar-refractivity contribution < 1.29 is 4.79 Å². The molecule has 2 aliphatic carbocycles. The third-order valence-corrected chi connectivity index (χ3v) is 4.63. The van der Waals surface area contributed by atoms with Gasteiger partial charge < -0.3 is 4.90 Å². The Hall–Kier alpha value is -0.570. The molecule has 2 saturated carbocycles. The molecule has 0 aromatic heterocycles. The van der Waals surface area contributed by atoms with E-state index in [-0.39, 0.29) is 5.54 Å². The Morgan fingerprint density at radius 1 is 1.31 bits per heavy atom. The fourth-order valence-electron chi connectivity index (χ4n) is 3.39. The van der Waals surface area contributed by atoms with Gasteiger partial charge in [-0.1, -0.05) is 20.3 Å². The maximum atomic E-state index is 12.3. The number of nitrogens with one attached hydrogen (secondary N) is 1. The summed E-state index contributed by atoms with van der Waals surface area (Å²) in [6.45, 7) is 5.46. The molecule has 1 saturated heterocycles. The molecule has 1 heterocycles. The zero-order valence-corrected chi connectivity index (χ0v) is 10.4. The normalized spacial score (nSPS) is 35.8. The summed E-state index contributed by atoms with van der Waals surface area (Å²) in [7, 11) is 0. The summed E-state index contributed by atoms with van der Waals surface area (Å²) in [4.78, 5) is 14.4. The maximum Gasteiger partial charge on any atom is 0.244 e. The number of nitrogens with zero attached hydrogens (tertiary/aromatic N) is 1. The molecule has 1 amide bonds. The van der Waals surface area contributed by atoms with E-state index in [0.717, 1.165) is 19.5 Å². The topological polar surface area (TPSA) is 32.3 Å². The first-order valence-corrected chi connectivity index (χ1v) is 6.59. The predicted octanol–water partition coefficient (Wildman–Crippen LogP) is 1.88. The van der Waals surface area contributed by atoms with Gasteiger partial charge in [-0.25, -0.2) is 0 Å². The molecule has 1 atom stereocenters. The van der Waals surface area contributed by atoms with Gasteiger partial charge in [0.1, 0.15) is 0 Å². The van der Waals surface area contributed by atoms with Crippen LogP contribution in [0.1, 0.15) is 52.4 Å².